The van der Waals surface area contributed by atoms with Crippen molar-refractivity contribution in [3.63, 3.8) is 0 Å². The van der Waals surface area contributed by atoms with Crippen LogP contribution < -0.4 is 16.2 Å². The maximum Gasteiger partial charge on any atom is 0.238 e. The third-order valence-electron chi connectivity index (χ3n) is 2.84. The van der Waals surface area contributed by atoms with Gasteiger partial charge in [0.15, 0.2) is 5.11 Å². The third kappa shape index (κ3) is 6.76. The van der Waals surface area contributed by atoms with E-state index in [1.54, 1.807) is 0 Å². The van der Waals surface area contributed by atoms with E-state index in [1.807, 2.05) is 0 Å². The number of hydrogen-bond donors (Lipinski definition) is 3. The predicted molar refractivity (Wildman–Crippen MR) is 75.0 cm³/mol. The molecule has 1 aliphatic rings. The van der Waals surface area contributed by atoms with Gasteiger partial charge in [0.25, 0.3) is 0 Å². The van der Waals surface area contributed by atoms with Gasteiger partial charge in [-0.3, -0.25) is 15.6 Å². The van der Waals surface area contributed by atoms with E-state index < -0.39 is 0 Å². The average Bonchev–Trinajstić information content (AvgIpc) is 2.87. The highest BCUT2D eigenvalue weighted by molar-refractivity contribution is 7.80. The minimum atomic E-state index is -0.0234. The van der Waals surface area contributed by atoms with Gasteiger partial charge in [-0.1, -0.05) is 19.8 Å². The molecule has 5 nitrogen and oxygen atoms in total. The van der Waals surface area contributed by atoms with Crippen molar-refractivity contribution in [3.05, 3.63) is 0 Å². The van der Waals surface area contributed by atoms with E-state index in [-0.39, 0.29) is 12.0 Å². The third-order valence-corrected chi connectivity index (χ3v) is 3.08. The summed E-state index contributed by atoms with van der Waals surface area (Å²) in [5.41, 5.74) is 5.28. The lowest BCUT2D eigenvalue weighted by molar-refractivity contribution is -0.121. The zero-order chi connectivity index (χ0) is 13.2. The first-order valence-corrected chi connectivity index (χ1v) is 7.07. The van der Waals surface area contributed by atoms with Crippen molar-refractivity contribution in [1.82, 2.24) is 16.2 Å². The van der Waals surface area contributed by atoms with E-state index in [4.69, 9.17) is 17.0 Å². The van der Waals surface area contributed by atoms with Gasteiger partial charge in [-0.15, -0.1) is 0 Å². The lowest BCUT2D eigenvalue weighted by atomic mass is 10.2. The van der Waals surface area contributed by atoms with Crippen molar-refractivity contribution in [2.45, 2.75) is 51.6 Å². The Hall–Kier alpha value is -0.880. The molecule has 0 aromatic carbocycles. The molecule has 3 N–H and O–H groups in total. The van der Waals surface area contributed by atoms with E-state index >= 15 is 0 Å². The van der Waals surface area contributed by atoms with Gasteiger partial charge in [0.1, 0.15) is 0 Å². The topological polar surface area (TPSA) is 62.4 Å². The Labute approximate surface area is 114 Å². The molecular weight excluding hydrogens is 250 g/mol. The summed E-state index contributed by atoms with van der Waals surface area (Å²) in [4.78, 5) is 11.4. The number of amides is 1. The molecule has 18 heavy (non-hydrogen) atoms. The van der Waals surface area contributed by atoms with Crippen molar-refractivity contribution in [3.8, 4) is 0 Å². The largest absolute Gasteiger partial charge is 0.376 e. The number of nitrogens with one attached hydrogen (secondary N) is 3. The minimum absolute atomic E-state index is 0.0234. The van der Waals surface area contributed by atoms with Crippen LogP contribution in [-0.4, -0.2) is 30.3 Å². The lowest BCUT2D eigenvalue weighted by Gasteiger charge is -2.14. The normalized spacial score (nSPS) is 18.4. The Bertz CT molecular complexity index is 268. The summed E-state index contributed by atoms with van der Waals surface area (Å²) in [5.74, 6) is -0.0234. The van der Waals surface area contributed by atoms with Gasteiger partial charge < -0.3 is 10.1 Å². The van der Waals surface area contributed by atoms with Crippen LogP contribution in [0.3, 0.4) is 0 Å². The molecule has 1 aliphatic heterocycles. The predicted octanol–water partition coefficient (Wildman–Crippen LogP) is 1.24. The zero-order valence-corrected chi connectivity index (χ0v) is 11.8. The molecule has 1 rings (SSSR count). The molecule has 6 heteroatoms. The van der Waals surface area contributed by atoms with Gasteiger partial charge in [-0.25, -0.2) is 0 Å². The highest BCUT2D eigenvalue weighted by Gasteiger charge is 2.15. The molecule has 1 saturated heterocycles. The smallest absolute Gasteiger partial charge is 0.238 e. The highest BCUT2D eigenvalue weighted by Crippen LogP contribution is 2.10. The van der Waals surface area contributed by atoms with Crippen LogP contribution in [-0.2, 0) is 9.53 Å². The molecular formula is C12H23N3O2S. The van der Waals surface area contributed by atoms with Crippen LogP contribution in [0.2, 0.25) is 0 Å². The fourth-order valence-electron chi connectivity index (χ4n) is 1.78. The van der Waals surface area contributed by atoms with Crippen LogP contribution in [0.15, 0.2) is 0 Å². The fourth-order valence-corrected chi connectivity index (χ4v) is 1.91. The second-order valence-electron chi connectivity index (χ2n) is 4.48. The van der Waals surface area contributed by atoms with Gasteiger partial charge in [0.05, 0.1) is 6.10 Å². The lowest BCUT2D eigenvalue weighted by Crippen LogP contribution is -2.48. The van der Waals surface area contributed by atoms with E-state index in [0.717, 1.165) is 38.7 Å². The Balaban J connectivity index is 1.99. The summed E-state index contributed by atoms with van der Waals surface area (Å²) in [6.07, 6.45) is 6.07. The van der Waals surface area contributed by atoms with Crippen LogP contribution in [0.1, 0.15) is 45.4 Å². The van der Waals surface area contributed by atoms with Gasteiger partial charge in [-0.2, -0.15) is 0 Å². The highest BCUT2D eigenvalue weighted by atomic mass is 32.1. The van der Waals surface area contributed by atoms with Gasteiger partial charge >= 0.3 is 0 Å². The molecule has 0 aliphatic carbocycles. The van der Waals surface area contributed by atoms with E-state index in [0.29, 0.717) is 18.1 Å². The van der Waals surface area contributed by atoms with Crippen molar-refractivity contribution < 1.29 is 9.53 Å². The van der Waals surface area contributed by atoms with E-state index in [2.05, 4.69) is 23.1 Å². The summed E-state index contributed by atoms with van der Waals surface area (Å²) >= 11 is 5.05. The second kappa shape index (κ2) is 9.10. The number of ether oxygens (including phenoxy) is 1. The molecule has 1 atom stereocenters. The number of unbranched alkanes of at least 4 members (excludes halogenated alkanes) is 2. The minimum Gasteiger partial charge on any atom is -0.376 e. The van der Waals surface area contributed by atoms with Crippen LogP contribution in [0, 0.1) is 0 Å². The van der Waals surface area contributed by atoms with Gasteiger partial charge in [-0.05, 0) is 31.5 Å². The number of carbonyl (C=O) groups is 1. The van der Waals surface area contributed by atoms with Crippen molar-refractivity contribution in [1.29, 1.82) is 0 Å². The second-order valence-corrected chi connectivity index (χ2v) is 4.88. The van der Waals surface area contributed by atoms with Crippen LogP contribution in [0.4, 0.5) is 0 Å². The van der Waals surface area contributed by atoms with Crippen molar-refractivity contribution in [2.75, 3.05) is 13.2 Å². The first kappa shape index (κ1) is 15.2. The summed E-state index contributed by atoms with van der Waals surface area (Å²) in [5, 5.41) is 3.47. The Morgan fingerprint density at radius 1 is 1.39 bits per heavy atom. The molecule has 0 aromatic heterocycles. The Morgan fingerprint density at radius 2 is 2.22 bits per heavy atom. The molecule has 0 radical (unpaired) electrons. The number of hydrazine groups is 1. The summed E-state index contributed by atoms with van der Waals surface area (Å²) in [7, 11) is 0. The molecule has 104 valence electrons. The van der Waals surface area contributed by atoms with Gasteiger partial charge in [0.2, 0.25) is 5.91 Å². The number of thiocarbonyl (C=S) groups is 1. The standard InChI is InChI=1S/C12H23N3O2S/c1-2-3-4-7-11(16)14-15-12(18)13-9-10-6-5-8-17-10/h10H,2-9H2,1H3,(H,14,16)(H2,13,15,18). The average molecular weight is 273 g/mol. The molecule has 0 spiro atoms. The molecule has 0 aromatic rings. The summed E-state index contributed by atoms with van der Waals surface area (Å²) < 4.78 is 5.46. The van der Waals surface area contributed by atoms with Crippen LogP contribution in [0.25, 0.3) is 0 Å². The van der Waals surface area contributed by atoms with E-state index in [9.17, 15) is 4.79 Å². The summed E-state index contributed by atoms with van der Waals surface area (Å²) in [6.45, 7) is 3.64. The zero-order valence-electron chi connectivity index (χ0n) is 11.0. The fraction of sp³-hybridized carbons (Fsp3) is 0.833. The quantitative estimate of drug-likeness (QED) is 0.386. The SMILES string of the molecule is CCCCCC(=O)NNC(=S)NCC1CCCO1. The first-order valence-electron chi connectivity index (χ1n) is 6.66. The van der Waals surface area contributed by atoms with Crippen molar-refractivity contribution >= 4 is 23.2 Å². The molecule has 1 unspecified atom stereocenters. The summed E-state index contributed by atoms with van der Waals surface area (Å²) in [6, 6.07) is 0. The van der Waals surface area contributed by atoms with Crippen LogP contribution in [0.5, 0.6) is 0 Å². The molecule has 1 fully saturated rings. The Kier molecular flexibility index (Phi) is 7.68. The first-order chi connectivity index (χ1) is 8.72. The number of carbonyl (C=O) groups excluding carboxylic acids is 1. The molecule has 1 amide bonds. The molecule has 0 saturated carbocycles. The Morgan fingerprint density at radius 3 is 2.89 bits per heavy atom. The monoisotopic (exact) mass is 273 g/mol. The number of rotatable bonds is 6. The van der Waals surface area contributed by atoms with Gasteiger partial charge in [0, 0.05) is 19.6 Å². The maximum absolute atomic E-state index is 11.4. The number of hydrogen-bond acceptors (Lipinski definition) is 3. The molecule has 1 heterocycles. The van der Waals surface area contributed by atoms with Crippen LogP contribution >= 0.6 is 12.2 Å². The van der Waals surface area contributed by atoms with Crippen molar-refractivity contribution in [2.24, 2.45) is 0 Å². The molecule has 0 bridgehead atoms. The van der Waals surface area contributed by atoms with E-state index in [1.165, 1.54) is 0 Å². The maximum atomic E-state index is 11.4.